The number of Topliss-reactive ketones (excluding diaryl/α,β-unsaturated/α-hetero) is 2. The number of piperazine rings is 1. The van der Waals surface area contributed by atoms with Gasteiger partial charge in [-0.15, -0.1) is 11.3 Å². The van der Waals surface area contributed by atoms with Gasteiger partial charge < -0.3 is 35.2 Å². The number of carbonyl (C=O) groups excluding carboxylic acids is 6. The second-order valence-corrected chi connectivity index (χ2v) is 16.4. The maximum atomic E-state index is 15.0. The van der Waals surface area contributed by atoms with E-state index < -0.39 is 41.0 Å². The molecule has 322 valence electrons. The van der Waals surface area contributed by atoms with Crippen LogP contribution in [0.4, 0.5) is 33.2 Å². The van der Waals surface area contributed by atoms with Crippen LogP contribution >= 0.6 is 11.3 Å². The lowest BCUT2D eigenvalue weighted by atomic mass is 9.82. The van der Waals surface area contributed by atoms with Crippen molar-refractivity contribution in [3.8, 4) is 5.75 Å². The molecule has 2 unspecified atom stereocenters. The van der Waals surface area contributed by atoms with Gasteiger partial charge >= 0.3 is 0 Å². The van der Waals surface area contributed by atoms with Crippen LogP contribution in [0, 0.1) is 17.7 Å². The molecule has 4 heterocycles. The Morgan fingerprint density at radius 2 is 1.76 bits per heavy atom. The summed E-state index contributed by atoms with van der Waals surface area (Å²) in [6.45, 7) is 2.59. The van der Waals surface area contributed by atoms with Crippen LogP contribution in [-0.2, 0) is 19.1 Å². The molecule has 2 atom stereocenters. The van der Waals surface area contributed by atoms with E-state index in [9.17, 15) is 33.2 Å². The zero-order chi connectivity index (χ0) is 43.3. The SMILES string of the molecule is COc1cc(Nc2nc(N3CCN(C(=O)CCOCCNc4ccc5c(c4)C(=O)C(C4CCC(=O)NC4=O)C5=O)CC3)ncc2F)ccc1NC(=O)c1ccc(C2=CCCC2)s1. The number of nitrogens with zero attached hydrogens (tertiary/aromatic N) is 4. The maximum Gasteiger partial charge on any atom is 0.265 e. The van der Waals surface area contributed by atoms with Crippen LogP contribution in [0.25, 0.3) is 5.57 Å². The van der Waals surface area contributed by atoms with Gasteiger partial charge in [-0.1, -0.05) is 6.08 Å². The molecule has 4 N–H and O–H groups in total. The Kier molecular flexibility index (Phi) is 12.7. The molecular weight excluding hydrogens is 820 g/mol. The first kappa shape index (κ1) is 42.2. The number of amides is 4. The molecule has 2 aliphatic heterocycles. The molecule has 4 aliphatic rings. The maximum absolute atomic E-state index is 15.0. The number of fused-ring (bicyclic) bond motifs is 1. The van der Waals surface area contributed by atoms with Crippen LogP contribution in [0.1, 0.15) is 73.8 Å². The molecular formula is C44H45FN8O8S. The number of allylic oxidation sites excluding steroid dienone is 2. The first-order chi connectivity index (χ1) is 30.1. The molecule has 4 amide bonds. The third kappa shape index (κ3) is 9.20. The predicted octanol–water partition coefficient (Wildman–Crippen LogP) is 5.46. The number of hydrogen-bond acceptors (Lipinski definition) is 14. The highest BCUT2D eigenvalue weighted by Crippen LogP contribution is 2.37. The second-order valence-electron chi connectivity index (χ2n) is 15.3. The van der Waals surface area contributed by atoms with E-state index in [1.165, 1.54) is 24.0 Å². The third-order valence-corrected chi connectivity index (χ3v) is 12.5. The number of methoxy groups -OCH3 is 1. The fourth-order valence-electron chi connectivity index (χ4n) is 8.08. The van der Waals surface area contributed by atoms with E-state index in [-0.39, 0.29) is 61.2 Å². The second kappa shape index (κ2) is 18.6. The summed E-state index contributed by atoms with van der Waals surface area (Å²) < 4.78 is 26.2. The molecule has 2 aromatic carbocycles. The van der Waals surface area contributed by atoms with Crippen molar-refractivity contribution in [3.63, 3.8) is 0 Å². The Hall–Kier alpha value is -6.53. The number of hydrogen-bond donors (Lipinski definition) is 4. The lowest BCUT2D eigenvalue weighted by Crippen LogP contribution is -2.49. The number of nitrogens with one attached hydrogen (secondary N) is 4. The Balaban J connectivity index is 0.764. The molecule has 2 aromatic heterocycles. The number of imide groups is 1. The quantitative estimate of drug-likeness (QED) is 0.0667. The van der Waals surface area contributed by atoms with Crippen molar-refractivity contribution in [3.05, 3.63) is 87.5 Å². The fourth-order valence-corrected chi connectivity index (χ4v) is 9.05. The number of rotatable bonds is 15. The van der Waals surface area contributed by atoms with Gasteiger partial charge in [-0.2, -0.15) is 4.98 Å². The van der Waals surface area contributed by atoms with Crippen molar-refractivity contribution in [1.29, 1.82) is 0 Å². The number of benzene rings is 2. The number of halogens is 1. The highest BCUT2D eigenvalue weighted by atomic mass is 32.1. The molecule has 16 nitrogen and oxygen atoms in total. The monoisotopic (exact) mass is 864 g/mol. The van der Waals surface area contributed by atoms with Crippen molar-refractivity contribution >= 4 is 80.9 Å². The van der Waals surface area contributed by atoms with Crippen molar-refractivity contribution < 1.29 is 42.6 Å². The summed E-state index contributed by atoms with van der Waals surface area (Å²) in [7, 11) is 1.49. The Morgan fingerprint density at radius 3 is 2.53 bits per heavy atom. The minimum absolute atomic E-state index is 0.0375. The Morgan fingerprint density at radius 1 is 0.952 bits per heavy atom. The molecule has 0 radical (unpaired) electrons. The first-order valence-corrected chi connectivity index (χ1v) is 21.4. The van der Waals surface area contributed by atoms with Crippen LogP contribution in [0.3, 0.4) is 0 Å². The molecule has 2 saturated heterocycles. The highest BCUT2D eigenvalue weighted by molar-refractivity contribution is 7.15. The van der Waals surface area contributed by atoms with E-state index in [1.807, 2.05) is 17.0 Å². The largest absolute Gasteiger partial charge is 0.494 e. The fraction of sp³-hybridized carbons (Fsp3) is 0.364. The van der Waals surface area contributed by atoms with Gasteiger partial charge in [0.15, 0.2) is 23.2 Å². The van der Waals surface area contributed by atoms with Crippen LogP contribution in [-0.4, -0.2) is 103 Å². The van der Waals surface area contributed by atoms with E-state index in [2.05, 4.69) is 37.3 Å². The number of anilines is 5. The molecule has 18 heteroatoms. The van der Waals surface area contributed by atoms with E-state index >= 15 is 0 Å². The topological polar surface area (TPSA) is 201 Å². The van der Waals surface area contributed by atoms with E-state index in [4.69, 9.17) is 9.47 Å². The summed E-state index contributed by atoms with van der Waals surface area (Å²) in [5.74, 6) is -4.13. The normalized spacial score (nSPS) is 18.6. The van der Waals surface area contributed by atoms with Crippen LogP contribution in [0.5, 0.6) is 5.75 Å². The summed E-state index contributed by atoms with van der Waals surface area (Å²) in [5.41, 5.74) is 3.36. The number of ketones is 2. The third-order valence-electron chi connectivity index (χ3n) is 11.4. The zero-order valence-corrected chi connectivity index (χ0v) is 34.8. The van der Waals surface area contributed by atoms with Crippen molar-refractivity contribution in [2.45, 2.75) is 38.5 Å². The Bertz CT molecular complexity index is 2470. The van der Waals surface area contributed by atoms with E-state index in [0.29, 0.717) is 66.4 Å². The number of carbonyl (C=O) groups is 6. The van der Waals surface area contributed by atoms with Gasteiger partial charge in [0, 0.05) is 72.6 Å². The molecule has 2 aliphatic carbocycles. The lowest BCUT2D eigenvalue weighted by Gasteiger charge is -2.34. The molecule has 0 spiro atoms. The predicted molar refractivity (Wildman–Crippen MR) is 230 cm³/mol. The average Bonchev–Trinajstić information content (AvgIpc) is 4.05. The van der Waals surface area contributed by atoms with Gasteiger partial charge in [-0.05, 0) is 73.7 Å². The summed E-state index contributed by atoms with van der Waals surface area (Å²) in [6, 6.07) is 13.7. The zero-order valence-electron chi connectivity index (χ0n) is 34.0. The summed E-state index contributed by atoms with van der Waals surface area (Å²) in [5, 5.41) is 11.3. The van der Waals surface area contributed by atoms with Gasteiger partial charge in [0.05, 0.1) is 55.3 Å². The summed E-state index contributed by atoms with van der Waals surface area (Å²) >= 11 is 1.46. The molecule has 0 saturated carbocycles. The van der Waals surface area contributed by atoms with Gasteiger partial charge in [0.1, 0.15) is 5.75 Å². The van der Waals surface area contributed by atoms with Crippen LogP contribution in [0.15, 0.2) is 60.8 Å². The molecule has 62 heavy (non-hydrogen) atoms. The van der Waals surface area contributed by atoms with Gasteiger partial charge in [0.25, 0.3) is 5.91 Å². The van der Waals surface area contributed by atoms with Gasteiger partial charge in [0.2, 0.25) is 23.7 Å². The molecule has 4 aromatic rings. The number of thiophene rings is 1. The van der Waals surface area contributed by atoms with Crippen molar-refractivity contribution in [1.82, 2.24) is 20.2 Å². The lowest BCUT2D eigenvalue weighted by molar-refractivity contribution is -0.137. The van der Waals surface area contributed by atoms with E-state index in [1.54, 1.807) is 41.3 Å². The average molecular weight is 865 g/mol. The van der Waals surface area contributed by atoms with E-state index in [0.717, 1.165) is 30.3 Å². The molecule has 0 bridgehead atoms. The van der Waals surface area contributed by atoms with Gasteiger partial charge in [-0.25, -0.2) is 9.37 Å². The number of piperidine rings is 1. The summed E-state index contributed by atoms with van der Waals surface area (Å²) in [4.78, 5) is 90.1. The first-order valence-electron chi connectivity index (χ1n) is 20.5. The Labute approximate surface area is 360 Å². The number of aromatic nitrogens is 2. The van der Waals surface area contributed by atoms with Crippen molar-refractivity contribution in [2.75, 3.05) is 73.9 Å². The van der Waals surface area contributed by atoms with Crippen LogP contribution < -0.4 is 30.9 Å². The molecule has 8 rings (SSSR count). The van der Waals surface area contributed by atoms with Gasteiger partial charge in [-0.3, -0.25) is 34.1 Å². The van der Waals surface area contributed by atoms with Crippen LogP contribution in [0.2, 0.25) is 0 Å². The standard InChI is InChI=1S/C44H45FN8O8S/c1-60-33-23-27(7-10-32(33)49-43(59)35-12-11-34(62-35)25-4-2-3-5-25)48-41-31(45)24-47-44(51-41)53-18-16-52(17-19-53)37(55)14-20-61-21-15-46-26-6-8-28-30(22-26)40(57)38(39(28)56)29-9-13-36(54)50-42(29)58/h4,6-8,10-12,22-24,29,38,46H,2-3,5,9,13-21H2,1H3,(H,49,59)(H,47,48,51)(H,50,54,58). The minimum Gasteiger partial charge on any atom is -0.494 e. The number of ether oxygens (including phenoxy) is 2. The summed E-state index contributed by atoms with van der Waals surface area (Å²) in [6.07, 6.45) is 6.96. The minimum atomic E-state index is -1.13. The van der Waals surface area contributed by atoms with Crippen molar-refractivity contribution in [2.24, 2.45) is 11.8 Å². The smallest absolute Gasteiger partial charge is 0.265 e. The molecule has 2 fully saturated rings. The highest BCUT2D eigenvalue weighted by Gasteiger charge is 2.47.